The van der Waals surface area contributed by atoms with Crippen molar-refractivity contribution < 1.29 is 14.3 Å². The molecule has 1 heterocycles. The number of carbonyl (C=O) groups is 2. The molecular weight excluding hydrogens is 234 g/mol. The number of terminal acetylenes is 1. The summed E-state index contributed by atoms with van der Waals surface area (Å²) in [4.78, 5) is 26.5. The molecule has 1 aliphatic rings. The van der Waals surface area contributed by atoms with E-state index in [0.29, 0.717) is 26.2 Å². The van der Waals surface area contributed by atoms with Crippen molar-refractivity contribution in [3.8, 4) is 12.3 Å². The Morgan fingerprint density at radius 1 is 1.33 bits per heavy atom. The Morgan fingerprint density at radius 2 is 2.11 bits per heavy atom. The van der Waals surface area contributed by atoms with Gasteiger partial charge in [0.05, 0.1) is 20.2 Å². The SMILES string of the molecule is C#CCNC(=O)CN1CCCN(C(=O)OC)CC1. The summed E-state index contributed by atoms with van der Waals surface area (Å²) in [5, 5.41) is 2.62. The van der Waals surface area contributed by atoms with Crippen molar-refractivity contribution >= 4 is 12.0 Å². The molecule has 0 radical (unpaired) electrons. The van der Waals surface area contributed by atoms with Crippen LogP contribution in [0.25, 0.3) is 0 Å². The Hall–Kier alpha value is -1.74. The summed E-state index contributed by atoms with van der Waals surface area (Å²) in [5.41, 5.74) is 0. The molecule has 0 aromatic heterocycles. The van der Waals surface area contributed by atoms with Gasteiger partial charge in [0.25, 0.3) is 0 Å². The van der Waals surface area contributed by atoms with Gasteiger partial charge >= 0.3 is 6.09 Å². The molecule has 0 aromatic carbocycles. The van der Waals surface area contributed by atoms with Crippen LogP contribution in [0.4, 0.5) is 4.79 Å². The molecule has 1 saturated heterocycles. The second kappa shape index (κ2) is 7.56. The van der Waals surface area contributed by atoms with E-state index < -0.39 is 0 Å². The van der Waals surface area contributed by atoms with Gasteiger partial charge in [0.1, 0.15) is 0 Å². The van der Waals surface area contributed by atoms with Gasteiger partial charge in [-0.2, -0.15) is 0 Å². The predicted octanol–water partition coefficient (Wildman–Crippen LogP) is -0.490. The topological polar surface area (TPSA) is 61.9 Å². The van der Waals surface area contributed by atoms with Gasteiger partial charge in [0, 0.05) is 26.2 Å². The molecule has 6 nitrogen and oxygen atoms in total. The molecule has 1 aliphatic heterocycles. The highest BCUT2D eigenvalue weighted by atomic mass is 16.5. The fourth-order valence-corrected chi connectivity index (χ4v) is 1.85. The summed E-state index contributed by atoms with van der Waals surface area (Å²) in [6.45, 7) is 3.26. The Bertz CT molecular complexity index is 338. The Balaban J connectivity index is 2.35. The lowest BCUT2D eigenvalue weighted by Crippen LogP contribution is -2.40. The van der Waals surface area contributed by atoms with E-state index in [1.165, 1.54) is 7.11 Å². The van der Waals surface area contributed by atoms with Crippen molar-refractivity contribution in [2.24, 2.45) is 0 Å². The van der Waals surface area contributed by atoms with Gasteiger partial charge in [-0.3, -0.25) is 9.69 Å². The summed E-state index contributed by atoms with van der Waals surface area (Å²) in [5.74, 6) is 2.27. The Labute approximate surface area is 107 Å². The van der Waals surface area contributed by atoms with Gasteiger partial charge in [-0.15, -0.1) is 6.42 Å². The molecule has 0 spiro atoms. The molecule has 1 rings (SSSR count). The van der Waals surface area contributed by atoms with E-state index in [0.717, 1.165) is 13.0 Å². The zero-order valence-corrected chi connectivity index (χ0v) is 10.6. The first-order valence-electron chi connectivity index (χ1n) is 5.92. The van der Waals surface area contributed by atoms with Crippen LogP contribution in [0.15, 0.2) is 0 Å². The van der Waals surface area contributed by atoms with Crippen molar-refractivity contribution in [2.75, 3.05) is 46.4 Å². The maximum Gasteiger partial charge on any atom is 0.409 e. The van der Waals surface area contributed by atoms with Crippen molar-refractivity contribution in [3.05, 3.63) is 0 Å². The number of carbonyl (C=O) groups excluding carboxylic acids is 2. The first-order chi connectivity index (χ1) is 8.67. The summed E-state index contributed by atoms with van der Waals surface area (Å²) >= 11 is 0. The minimum absolute atomic E-state index is 0.0838. The molecule has 1 fully saturated rings. The minimum atomic E-state index is -0.311. The van der Waals surface area contributed by atoms with E-state index in [1.807, 2.05) is 4.90 Å². The van der Waals surface area contributed by atoms with Crippen LogP contribution in [-0.2, 0) is 9.53 Å². The average molecular weight is 253 g/mol. The third-order valence-corrected chi connectivity index (χ3v) is 2.78. The minimum Gasteiger partial charge on any atom is -0.453 e. The van der Waals surface area contributed by atoms with Crippen molar-refractivity contribution in [3.63, 3.8) is 0 Å². The van der Waals surface area contributed by atoms with Crippen LogP contribution < -0.4 is 5.32 Å². The third kappa shape index (κ3) is 4.63. The summed E-state index contributed by atoms with van der Waals surface area (Å²) in [6, 6.07) is 0. The first kappa shape index (κ1) is 14.3. The normalized spacial score (nSPS) is 16.6. The second-order valence-electron chi connectivity index (χ2n) is 4.07. The summed E-state index contributed by atoms with van der Waals surface area (Å²) in [7, 11) is 1.37. The van der Waals surface area contributed by atoms with Crippen LogP contribution in [0.3, 0.4) is 0 Å². The molecule has 0 saturated carbocycles. The molecule has 18 heavy (non-hydrogen) atoms. The molecule has 1 N–H and O–H groups in total. The van der Waals surface area contributed by atoms with Crippen LogP contribution in [0.2, 0.25) is 0 Å². The van der Waals surface area contributed by atoms with E-state index >= 15 is 0 Å². The molecule has 0 aliphatic carbocycles. The number of rotatable bonds is 3. The van der Waals surface area contributed by atoms with Crippen molar-refractivity contribution in [1.82, 2.24) is 15.1 Å². The number of nitrogens with one attached hydrogen (secondary N) is 1. The van der Waals surface area contributed by atoms with Gasteiger partial charge in [0.2, 0.25) is 5.91 Å². The molecule has 0 atom stereocenters. The largest absolute Gasteiger partial charge is 0.453 e. The van der Waals surface area contributed by atoms with E-state index in [-0.39, 0.29) is 18.5 Å². The number of hydrogen-bond acceptors (Lipinski definition) is 4. The maximum absolute atomic E-state index is 11.5. The molecule has 0 aromatic rings. The predicted molar refractivity (Wildman–Crippen MR) is 66.9 cm³/mol. The maximum atomic E-state index is 11.5. The number of ether oxygens (including phenoxy) is 1. The zero-order valence-electron chi connectivity index (χ0n) is 10.6. The number of methoxy groups -OCH3 is 1. The van der Waals surface area contributed by atoms with Crippen LogP contribution >= 0.6 is 0 Å². The average Bonchev–Trinajstić information content (AvgIpc) is 2.61. The quantitative estimate of drug-likeness (QED) is 0.689. The summed E-state index contributed by atoms with van der Waals surface area (Å²) in [6.07, 6.45) is 5.58. The second-order valence-corrected chi connectivity index (χ2v) is 4.07. The molecular formula is C12H19N3O3. The monoisotopic (exact) mass is 253 g/mol. The van der Waals surface area contributed by atoms with Crippen molar-refractivity contribution in [1.29, 1.82) is 0 Å². The molecule has 0 bridgehead atoms. The smallest absolute Gasteiger partial charge is 0.409 e. The van der Waals surface area contributed by atoms with Gasteiger partial charge in [-0.05, 0) is 6.42 Å². The first-order valence-corrected chi connectivity index (χ1v) is 5.92. The highest BCUT2D eigenvalue weighted by molar-refractivity contribution is 5.78. The lowest BCUT2D eigenvalue weighted by molar-refractivity contribution is -0.121. The van der Waals surface area contributed by atoms with Crippen molar-refractivity contribution in [2.45, 2.75) is 6.42 Å². The lowest BCUT2D eigenvalue weighted by Gasteiger charge is -2.20. The van der Waals surface area contributed by atoms with E-state index in [2.05, 4.69) is 16.0 Å². The van der Waals surface area contributed by atoms with Crippen LogP contribution in [0.5, 0.6) is 0 Å². The fourth-order valence-electron chi connectivity index (χ4n) is 1.85. The number of hydrogen-bond donors (Lipinski definition) is 1. The Kier molecular flexibility index (Phi) is 6.01. The highest BCUT2D eigenvalue weighted by Gasteiger charge is 2.20. The summed E-state index contributed by atoms with van der Waals surface area (Å²) < 4.78 is 4.68. The fraction of sp³-hybridized carbons (Fsp3) is 0.667. The molecule has 2 amide bonds. The van der Waals surface area contributed by atoms with Crippen LogP contribution in [0.1, 0.15) is 6.42 Å². The van der Waals surface area contributed by atoms with E-state index in [1.54, 1.807) is 4.90 Å². The number of nitrogens with zero attached hydrogens (tertiary/aromatic N) is 2. The third-order valence-electron chi connectivity index (χ3n) is 2.78. The lowest BCUT2D eigenvalue weighted by atomic mass is 10.4. The highest BCUT2D eigenvalue weighted by Crippen LogP contribution is 2.04. The van der Waals surface area contributed by atoms with Crippen LogP contribution in [0, 0.1) is 12.3 Å². The van der Waals surface area contributed by atoms with E-state index in [4.69, 9.17) is 6.42 Å². The zero-order chi connectivity index (χ0) is 13.4. The van der Waals surface area contributed by atoms with Gasteiger partial charge in [-0.25, -0.2) is 4.79 Å². The van der Waals surface area contributed by atoms with Crippen LogP contribution in [-0.4, -0.2) is 68.2 Å². The van der Waals surface area contributed by atoms with Gasteiger partial charge < -0.3 is 15.0 Å². The number of amides is 2. The Morgan fingerprint density at radius 3 is 2.78 bits per heavy atom. The molecule has 6 heteroatoms. The van der Waals surface area contributed by atoms with Gasteiger partial charge in [0.15, 0.2) is 0 Å². The standard InChI is InChI=1S/C12H19N3O3/c1-3-5-13-11(16)10-14-6-4-7-15(9-8-14)12(17)18-2/h1H,4-10H2,2H3,(H,13,16). The van der Waals surface area contributed by atoms with E-state index in [9.17, 15) is 9.59 Å². The van der Waals surface area contributed by atoms with Gasteiger partial charge in [-0.1, -0.05) is 5.92 Å². The molecule has 100 valence electrons. The molecule has 0 unspecified atom stereocenters.